The molecule has 4 atom stereocenters. The van der Waals surface area contributed by atoms with Crippen LogP contribution in [0, 0.1) is 24.7 Å². The lowest BCUT2D eigenvalue weighted by Gasteiger charge is -2.29. The van der Waals surface area contributed by atoms with Gasteiger partial charge < -0.3 is 0 Å². The van der Waals surface area contributed by atoms with E-state index in [4.69, 9.17) is 0 Å². The molecule has 0 saturated heterocycles. The van der Waals surface area contributed by atoms with Crippen molar-refractivity contribution in [2.75, 3.05) is 0 Å². The summed E-state index contributed by atoms with van der Waals surface area (Å²) in [5, 5.41) is 0. The van der Waals surface area contributed by atoms with Gasteiger partial charge in [0.05, 0.1) is 0 Å². The van der Waals surface area contributed by atoms with Gasteiger partial charge in [-0.05, 0) is 61.0 Å². The third-order valence-corrected chi connectivity index (χ3v) is 4.88. The molecule has 0 nitrogen and oxygen atoms in total. The molecule has 0 heterocycles. The minimum Gasteiger partial charge on any atom is -0.0620 e. The molecule has 0 aliphatic heterocycles. The molecule has 15 heavy (non-hydrogen) atoms. The van der Waals surface area contributed by atoms with Crippen LogP contribution in [0.15, 0.2) is 24.3 Å². The van der Waals surface area contributed by atoms with E-state index in [1.807, 2.05) is 0 Å². The highest BCUT2D eigenvalue weighted by Crippen LogP contribution is 2.56. The highest BCUT2D eigenvalue weighted by Gasteiger charge is 2.45. The lowest BCUT2D eigenvalue weighted by Crippen LogP contribution is -2.18. The normalized spacial score (nSPS) is 38.5. The van der Waals surface area contributed by atoms with Crippen LogP contribution < -0.4 is 0 Å². The summed E-state index contributed by atoms with van der Waals surface area (Å²) in [5.74, 6) is 3.81. The fourth-order valence-corrected chi connectivity index (χ4v) is 4.08. The average molecular weight is 200 g/mol. The number of hydrogen-bond acceptors (Lipinski definition) is 0. The predicted molar refractivity (Wildman–Crippen MR) is 63.9 cm³/mol. The SMILES string of the molecule is Cc1ccccc1C1C2CCC(C2)C1C. The predicted octanol–water partition coefficient (Wildman–Crippen LogP) is 4.14. The van der Waals surface area contributed by atoms with Crippen molar-refractivity contribution in [3.63, 3.8) is 0 Å². The van der Waals surface area contributed by atoms with Crippen molar-refractivity contribution in [2.45, 2.75) is 39.0 Å². The van der Waals surface area contributed by atoms with Gasteiger partial charge in [0.1, 0.15) is 0 Å². The van der Waals surface area contributed by atoms with Crippen molar-refractivity contribution < 1.29 is 0 Å². The van der Waals surface area contributed by atoms with Crippen LogP contribution in [0.3, 0.4) is 0 Å². The Morgan fingerprint density at radius 1 is 1.07 bits per heavy atom. The van der Waals surface area contributed by atoms with Crippen molar-refractivity contribution in [3.8, 4) is 0 Å². The van der Waals surface area contributed by atoms with Crippen LogP contribution in [0.2, 0.25) is 0 Å². The highest BCUT2D eigenvalue weighted by molar-refractivity contribution is 5.32. The van der Waals surface area contributed by atoms with Crippen LogP contribution in [0.1, 0.15) is 43.2 Å². The zero-order chi connectivity index (χ0) is 10.4. The van der Waals surface area contributed by atoms with Gasteiger partial charge in [-0.1, -0.05) is 31.2 Å². The van der Waals surface area contributed by atoms with Crippen molar-refractivity contribution in [1.29, 1.82) is 0 Å². The van der Waals surface area contributed by atoms with Gasteiger partial charge in [-0.3, -0.25) is 0 Å². The van der Waals surface area contributed by atoms with Crippen molar-refractivity contribution >= 4 is 0 Å². The lowest BCUT2D eigenvalue weighted by atomic mass is 9.75. The Bertz CT molecular complexity index is 364. The number of benzene rings is 1. The van der Waals surface area contributed by atoms with Crippen LogP contribution in [0.25, 0.3) is 0 Å². The summed E-state index contributed by atoms with van der Waals surface area (Å²) in [6.45, 7) is 4.75. The van der Waals surface area contributed by atoms with E-state index in [9.17, 15) is 0 Å². The maximum Gasteiger partial charge on any atom is -0.0103 e. The summed E-state index contributed by atoms with van der Waals surface area (Å²) in [6, 6.07) is 9.00. The van der Waals surface area contributed by atoms with E-state index >= 15 is 0 Å². The molecule has 0 radical (unpaired) electrons. The number of rotatable bonds is 1. The molecular weight excluding hydrogens is 180 g/mol. The molecule has 2 fully saturated rings. The first kappa shape index (κ1) is 9.45. The van der Waals surface area contributed by atoms with Crippen LogP contribution in [0.5, 0.6) is 0 Å². The first-order valence-electron chi connectivity index (χ1n) is 6.33. The molecule has 0 heteroatoms. The third-order valence-electron chi connectivity index (χ3n) is 4.88. The zero-order valence-electron chi connectivity index (χ0n) is 9.74. The Labute approximate surface area is 92.7 Å². The van der Waals surface area contributed by atoms with Gasteiger partial charge in [-0.2, -0.15) is 0 Å². The van der Waals surface area contributed by atoms with Gasteiger partial charge >= 0.3 is 0 Å². The minimum absolute atomic E-state index is 0.866. The second kappa shape index (κ2) is 3.37. The zero-order valence-corrected chi connectivity index (χ0v) is 9.74. The van der Waals surface area contributed by atoms with Crippen LogP contribution in [-0.2, 0) is 0 Å². The monoisotopic (exact) mass is 200 g/mol. The average Bonchev–Trinajstić information content (AvgIpc) is 2.80. The third kappa shape index (κ3) is 1.34. The summed E-state index contributed by atoms with van der Waals surface area (Å²) < 4.78 is 0. The lowest BCUT2D eigenvalue weighted by molar-refractivity contribution is 0.310. The number of hydrogen-bond donors (Lipinski definition) is 0. The Balaban J connectivity index is 1.98. The van der Waals surface area contributed by atoms with E-state index in [-0.39, 0.29) is 0 Å². The fraction of sp³-hybridized carbons (Fsp3) is 0.600. The maximum absolute atomic E-state index is 2.47. The van der Waals surface area contributed by atoms with Crippen LogP contribution in [0.4, 0.5) is 0 Å². The van der Waals surface area contributed by atoms with E-state index in [2.05, 4.69) is 38.1 Å². The molecule has 80 valence electrons. The van der Waals surface area contributed by atoms with Gasteiger partial charge in [0.2, 0.25) is 0 Å². The smallest absolute Gasteiger partial charge is 0.0103 e. The second-order valence-electron chi connectivity index (χ2n) is 5.57. The molecule has 2 bridgehead atoms. The molecule has 0 amide bonds. The molecule has 0 spiro atoms. The maximum atomic E-state index is 2.47. The largest absolute Gasteiger partial charge is 0.0620 e. The van der Waals surface area contributed by atoms with Crippen molar-refractivity contribution in [2.24, 2.45) is 17.8 Å². The quantitative estimate of drug-likeness (QED) is 0.639. The van der Waals surface area contributed by atoms with E-state index in [0.29, 0.717) is 0 Å². The molecular formula is C15H20. The highest BCUT2D eigenvalue weighted by atomic mass is 14.5. The molecule has 2 aliphatic carbocycles. The fourth-order valence-electron chi connectivity index (χ4n) is 4.08. The van der Waals surface area contributed by atoms with Gasteiger partial charge in [0.25, 0.3) is 0 Å². The molecule has 4 unspecified atom stereocenters. The first-order valence-corrected chi connectivity index (χ1v) is 6.33. The van der Waals surface area contributed by atoms with Gasteiger partial charge in [-0.15, -0.1) is 0 Å². The number of fused-ring (bicyclic) bond motifs is 2. The van der Waals surface area contributed by atoms with E-state index in [1.165, 1.54) is 24.8 Å². The molecule has 1 aromatic rings. The Morgan fingerprint density at radius 3 is 2.47 bits per heavy atom. The standard InChI is InChI=1S/C15H20/c1-10-5-3-4-6-14(10)15-11(2)12-7-8-13(15)9-12/h3-6,11-13,15H,7-9H2,1-2H3. The van der Waals surface area contributed by atoms with Gasteiger partial charge in [0.15, 0.2) is 0 Å². The first-order chi connectivity index (χ1) is 7.27. The summed E-state index contributed by atoms with van der Waals surface area (Å²) in [5.41, 5.74) is 3.14. The Kier molecular flexibility index (Phi) is 2.12. The van der Waals surface area contributed by atoms with E-state index in [0.717, 1.165) is 23.7 Å². The number of aryl methyl sites for hydroxylation is 1. The molecule has 0 aromatic heterocycles. The Morgan fingerprint density at radius 2 is 1.80 bits per heavy atom. The molecule has 1 aromatic carbocycles. The van der Waals surface area contributed by atoms with Crippen LogP contribution >= 0.6 is 0 Å². The summed E-state index contributed by atoms with van der Waals surface area (Å²) in [7, 11) is 0. The molecule has 2 aliphatic rings. The summed E-state index contributed by atoms with van der Waals surface area (Å²) in [6.07, 6.45) is 4.47. The Hall–Kier alpha value is -0.780. The summed E-state index contributed by atoms with van der Waals surface area (Å²) in [4.78, 5) is 0. The van der Waals surface area contributed by atoms with Crippen molar-refractivity contribution in [1.82, 2.24) is 0 Å². The van der Waals surface area contributed by atoms with Crippen LogP contribution in [-0.4, -0.2) is 0 Å². The second-order valence-corrected chi connectivity index (χ2v) is 5.57. The summed E-state index contributed by atoms with van der Waals surface area (Å²) >= 11 is 0. The molecule has 0 N–H and O–H groups in total. The van der Waals surface area contributed by atoms with E-state index in [1.54, 1.807) is 5.56 Å². The van der Waals surface area contributed by atoms with Crippen molar-refractivity contribution in [3.05, 3.63) is 35.4 Å². The molecule has 2 saturated carbocycles. The van der Waals surface area contributed by atoms with Gasteiger partial charge in [0, 0.05) is 0 Å². The van der Waals surface area contributed by atoms with E-state index < -0.39 is 0 Å². The minimum atomic E-state index is 0.866. The topological polar surface area (TPSA) is 0 Å². The van der Waals surface area contributed by atoms with Gasteiger partial charge in [-0.25, -0.2) is 0 Å². The molecule has 3 rings (SSSR count).